The monoisotopic (exact) mass is 340 g/mol. The Kier molecular flexibility index (Phi) is 4.46. The maximum Gasteiger partial charge on any atom is 0.275 e. The molecule has 0 aliphatic heterocycles. The van der Waals surface area contributed by atoms with E-state index in [1.54, 1.807) is 40.8 Å². The van der Waals surface area contributed by atoms with Gasteiger partial charge in [-0.15, -0.1) is 0 Å². The maximum atomic E-state index is 12.7. The quantitative estimate of drug-likeness (QED) is 0.737. The highest BCUT2D eigenvalue weighted by Gasteiger charge is 2.17. The smallest absolute Gasteiger partial charge is 0.275 e. The summed E-state index contributed by atoms with van der Waals surface area (Å²) >= 11 is 0. The van der Waals surface area contributed by atoms with E-state index in [0.717, 1.165) is 5.69 Å². The average Bonchev–Trinajstić information content (AvgIpc) is 3.21. The van der Waals surface area contributed by atoms with Gasteiger partial charge in [-0.2, -0.15) is 14.9 Å². The van der Waals surface area contributed by atoms with E-state index in [-0.39, 0.29) is 11.9 Å². The molecule has 3 aromatic heterocycles. The molecule has 9 nitrogen and oxygen atoms in total. The molecule has 0 saturated heterocycles. The highest BCUT2D eigenvalue weighted by Crippen LogP contribution is 2.18. The SMILES string of the molecule is CNc1cc(-n2nc(C)cc2NC(=O)c2ccnn2C(C)C)ncn1. The second-order valence-electron chi connectivity index (χ2n) is 5.80. The third kappa shape index (κ3) is 3.35. The van der Waals surface area contributed by atoms with Gasteiger partial charge in [-0.25, -0.2) is 9.97 Å². The molecule has 1 amide bonds. The molecule has 0 atom stereocenters. The van der Waals surface area contributed by atoms with Gasteiger partial charge in [0.05, 0.1) is 5.69 Å². The van der Waals surface area contributed by atoms with Crippen LogP contribution in [-0.2, 0) is 0 Å². The van der Waals surface area contributed by atoms with Gasteiger partial charge in [-0.1, -0.05) is 0 Å². The van der Waals surface area contributed by atoms with Crippen molar-refractivity contribution in [3.05, 3.63) is 42.1 Å². The molecule has 130 valence electrons. The van der Waals surface area contributed by atoms with Crippen LogP contribution >= 0.6 is 0 Å². The van der Waals surface area contributed by atoms with E-state index in [2.05, 4.69) is 30.8 Å². The molecule has 3 heterocycles. The van der Waals surface area contributed by atoms with Crippen LogP contribution in [0.4, 0.5) is 11.6 Å². The Labute approximate surface area is 145 Å². The van der Waals surface area contributed by atoms with Crippen molar-refractivity contribution in [2.75, 3.05) is 17.7 Å². The van der Waals surface area contributed by atoms with Crippen LogP contribution in [0.3, 0.4) is 0 Å². The Hall–Kier alpha value is -3.23. The van der Waals surface area contributed by atoms with Gasteiger partial charge >= 0.3 is 0 Å². The van der Waals surface area contributed by atoms with Crippen molar-refractivity contribution in [1.82, 2.24) is 29.5 Å². The minimum absolute atomic E-state index is 0.0856. The first-order chi connectivity index (χ1) is 12.0. The van der Waals surface area contributed by atoms with E-state index in [1.807, 2.05) is 20.8 Å². The number of aryl methyl sites for hydroxylation is 1. The van der Waals surface area contributed by atoms with Crippen molar-refractivity contribution >= 4 is 17.5 Å². The zero-order valence-corrected chi connectivity index (χ0v) is 14.6. The molecule has 3 aromatic rings. The van der Waals surface area contributed by atoms with Gasteiger partial charge in [0.25, 0.3) is 5.91 Å². The molecule has 0 aliphatic rings. The molecular formula is C16H20N8O. The standard InChI is InChI=1S/C16H20N8O/c1-10(2)23-12(5-6-20-23)16(25)21-15-7-11(3)22-24(15)14-8-13(17-4)18-9-19-14/h5-10H,1-4H3,(H,21,25)(H,17,18,19). The first-order valence-electron chi connectivity index (χ1n) is 7.91. The number of anilines is 2. The fourth-order valence-electron chi connectivity index (χ4n) is 2.45. The van der Waals surface area contributed by atoms with Gasteiger partial charge in [0.15, 0.2) is 5.82 Å². The van der Waals surface area contributed by atoms with E-state index < -0.39 is 0 Å². The molecule has 9 heteroatoms. The molecule has 0 fully saturated rings. The number of nitrogens with zero attached hydrogens (tertiary/aromatic N) is 6. The van der Waals surface area contributed by atoms with E-state index in [0.29, 0.717) is 23.1 Å². The third-order valence-corrected chi connectivity index (χ3v) is 3.59. The second-order valence-corrected chi connectivity index (χ2v) is 5.80. The molecule has 0 aromatic carbocycles. The van der Waals surface area contributed by atoms with Gasteiger partial charge in [0.1, 0.15) is 23.7 Å². The first kappa shape index (κ1) is 16.6. The molecule has 25 heavy (non-hydrogen) atoms. The third-order valence-electron chi connectivity index (χ3n) is 3.59. The molecule has 0 radical (unpaired) electrons. The van der Waals surface area contributed by atoms with Gasteiger partial charge in [-0.3, -0.25) is 9.48 Å². The molecule has 0 unspecified atom stereocenters. The number of nitrogens with one attached hydrogen (secondary N) is 2. The first-order valence-corrected chi connectivity index (χ1v) is 7.91. The van der Waals surface area contributed by atoms with Crippen LogP contribution in [-0.4, -0.2) is 42.5 Å². The van der Waals surface area contributed by atoms with E-state index >= 15 is 0 Å². The van der Waals surface area contributed by atoms with E-state index in [9.17, 15) is 4.79 Å². The van der Waals surface area contributed by atoms with Crippen LogP contribution in [0.25, 0.3) is 5.82 Å². The Bertz CT molecular complexity index is 895. The normalized spacial score (nSPS) is 10.9. The molecule has 0 spiro atoms. The van der Waals surface area contributed by atoms with Crippen LogP contribution < -0.4 is 10.6 Å². The topological polar surface area (TPSA) is 103 Å². The predicted molar refractivity (Wildman–Crippen MR) is 94.0 cm³/mol. The summed E-state index contributed by atoms with van der Waals surface area (Å²) in [6, 6.07) is 5.31. The Morgan fingerprint density at radius 2 is 2.04 bits per heavy atom. The number of rotatable bonds is 5. The lowest BCUT2D eigenvalue weighted by Crippen LogP contribution is -2.20. The summed E-state index contributed by atoms with van der Waals surface area (Å²) in [6.45, 7) is 5.79. The summed E-state index contributed by atoms with van der Waals surface area (Å²) in [5, 5.41) is 14.4. The zero-order valence-electron chi connectivity index (χ0n) is 14.6. The summed E-state index contributed by atoms with van der Waals surface area (Å²) in [5.41, 5.74) is 1.25. The Morgan fingerprint density at radius 3 is 2.76 bits per heavy atom. The van der Waals surface area contributed by atoms with Crippen molar-refractivity contribution in [2.45, 2.75) is 26.8 Å². The zero-order chi connectivity index (χ0) is 18.0. The highest BCUT2D eigenvalue weighted by molar-refractivity contribution is 6.02. The Balaban J connectivity index is 1.93. The fraction of sp³-hybridized carbons (Fsp3) is 0.312. The van der Waals surface area contributed by atoms with Crippen LogP contribution in [0, 0.1) is 6.92 Å². The summed E-state index contributed by atoms with van der Waals surface area (Å²) in [5.74, 6) is 1.49. The lowest BCUT2D eigenvalue weighted by atomic mass is 10.3. The minimum atomic E-state index is -0.254. The lowest BCUT2D eigenvalue weighted by Gasteiger charge is -2.12. The average molecular weight is 340 g/mol. The van der Waals surface area contributed by atoms with Crippen molar-refractivity contribution < 1.29 is 4.79 Å². The van der Waals surface area contributed by atoms with Crippen LogP contribution in [0.1, 0.15) is 36.1 Å². The van der Waals surface area contributed by atoms with Crippen LogP contribution in [0.15, 0.2) is 30.7 Å². The molecule has 0 aliphatic carbocycles. The summed E-state index contributed by atoms with van der Waals surface area (Å²) in [7, 11) is 1.77. The molecule has 3 rings (SSSR count). The molecule has 0 bridgehead atoms. The number of carbonyl (C=O) groups is 1. The van der Waals surface area contributed by atoms with Gasteiger partial charge in [-0.05, 0) is 26.8 Å². The fourth-order valence-corrected chi connectivity index (χ4v) is 2.45. The van der Waals surface area contributed by atoms with E-state index in [4.69, 9.17) is 0 Å². The summed E-state index contributed by atoms with van der Waals surface area (Å²) in [6.07, 6.45) is 3.05. The van der Waals surface area contributed by atoms with Gasteiger partial charge < -0.3 is 10.6 Å². The number of aromatic nitrogens is 6. The van der Waals surface area contributed by atoms with Crippen molar-refractivity contribution in [3.8, 4) is 5.82 Å². The molecule has 2 N–H and O–H groups in total. The number of hydrogen-bond donors (Lipinski definition) is 2. The number of carbonyl (C=O) groups excluding carboxylic acids is 1. The minimum Gasteiger partial charge on any atom is -0.373 e. The molecule has 0 saturated carbocycles. The second kappa shape index (κ2) is 6.71. The van der Waals surface area contributed by atoms with Crippen molar-refractivity contribution in [1.29, 1.82) is 0 Å². The number of amides is 1. The van der Waals surface area contributed by atoms with Gasteiger partial charge in [0.2, 0.25) is 0 Å². The molecular weight excluding hydrogens is 320 g/mol. The lowest BCUT2D eigenvalue weighted by molar-refractivity contribution is 0.101. The van der Waals surface area contributed by atoms with Crippen molar-refractivity contribution in [3.63, 3.8) is 0 Å². The number of hydrogen-bond acceptors (Lipinski definition) is 6. The van der Waals surface area contributed by atoms with E-state index in [1.165, 1.54) is 6.33 Å². The highest BCUT2D eigenvalue weighted by atomic mass is 16.2. The Morgan fingerprint density at radius 1 is 1.24 bits per heavy atom. The van der Waals surface area contributed by atoms with Crippen LogP contribution in [0.5, 0.6) is 0 Å². The predicted octanol–water partition coefficient (Wildman–Crippen LogP) is 2.04. The van der Waals surface area contributed by atoms with Gasteiger partial charge in [0, 0.05) is 31.4 Å². The van der Waals surface area contributed by atoms with Crippen molar-refractivity contribution in [2.24, 2.45) is 0 Å². The largest absolute Gasteiger partial charge is 0.373 e. The summed E-state index contributed by atoms with van der Waals surface area (Å²) < 4.78 is 3.25. The summed E-state index contributed by atoms with van der Waals surface area (Å²) in [4.78, 5) is 21.0. The maximum absolute atomic E-state index is 12.7. The van der Waals surface area contributed by atoms with Crippen LogP contribution in [0.2, 0.25) is 0 Å².